The molecule has 0 bridgehead atoms. The maximum atomic E-state index is 12.8. The Kier molecular flexibility index (Phi) is 5.74. The Bertz CT molecular complexity index is 638. The van der Waals surface area contributed by atoms with Crippen molar-refractivity contribution in [2.24, 2.45) is 5.92 Å². The van der Waals surface area contributed by atoms with Crippen molar-refractivity contribution in [2.75, 3.05) is 26.2 Å². The third-order valence-corrected chi connectivity index (χ3v) is 5.50. The highest BCUT2D eigenvalue weighted by molar-refractivity contribution is 5.94. The lowest BCUT2D eigenvalue weighted by Crippen LogP contribution is -2.46. The summed E-state index contributed by atoms with van der Waals surface area (Å²) < 4.78 is 0. The van der Waals surface area contributed by atoms with Gasteiger partial charge in [-0.05, 0) is 75.3 Å². The van der Waals surface area contributed by atoms with Crippen LogP contribution in [0.5, 0.6) is 0 Å². The van der Waals surface area contributed by atoms with Crippen LogP contribution in [0.2, 0.25) is 0 Å². The highest BCUT2D eigenvalue weighted by Gasteiger charge is 2.27. The number of nitrogens with zero attached hydrogens (tertiary/aromatic N) is 1. The van der Waals surface area contributed by atoms with Gasteiger partial charge in [-0.15, -0.1) is 0 Å². The molecule has 0 radical (unpaired) electrons. The molecule has 2 amide bonds. The molecule has 0 spiro atoms. The minimum atomic E-state index is -0.0307. The van der Waals surface area contributed by atoms with Gasteiger partial charge < -0.3 is 15.5 Å². The van der Waals surface area contributed by atoms with E-state index in [1.807, 2.05) is 30.0 Å². The molecule has 25 heavy (non-hydrogen) atoms. The average molecular weight is 343 g/mol. The molecule has 2 saturated heterocycles. The van der Waals surface area contributed by atoms with E-state index < -0.39 is 0 Å². The number of carbonyl (C=O) groups excluding carboxylic acids is 2. The predicted octanol–water partition coefficient (Wildman–Crippen LogP) is 2.02. The predicted molar refractivity (Wildman–Crippen MR) is 98.6 cm³/mol. The summed E-state index contributed by atoms with van der Waals surface area (Å²) in [6.45, 7) is 7.22. The maximum absolute atomic E-state index is 12.8. The molecule has 2 unspecified atom stereocenters. The summed E-state index contributed by atoms with van der Waals surface area (Å²) in [6.07, 6.45) is 4.06. The Labute approximate surface area is 150 Å². The standard InChI is InChI=1S/C20H29N3O2/c1-14-7-8-17(11-15(14)2)20(25)23-10-4-5-16(13-23)12-22-19(24)18-6-3-9-21-18/h7-8,11,16,18,21H,3-6,9-10,12-13H2,1-2H3,(H,22,24). The number of hydrogen-bond acceptors (Lipinski definition) is 3. The second kappa shape index (κ2) is 8.00. The smallest absolute Gasteiger partial charge is 0.253 e. The average Bonchev–Trinajstić information content (AvgIpc) is 3.16. The van der Waals surface area contributed by atoms with Gasteiger partial charge in [-0.2, -0.15) is 0 Å². The summed E-state index contributed by atoms with van der Waals surface area (Å²) in [5.74, 6) is 0.557. The van der Waals surface area contributed by atoms with Crippen molar-refractivity contribution in [3.63, 3.8) is 0 Å². The minimum absolute atomic E-state index is 0.0307. The summed E-state index contributed by atoms with van der Waals surface area (Å²) in [5, 5.41) is 6.30. The highest BCUT2D eigenvalue weighted by Crippen LogP contribution is 2.19. The van der Waals surface area contributed by atoms with Gasteiger partial charge in [-0.3, -0.25) is 9.59 Å². The van der Waals surface area contributed by atoms with Gasteiger partial charge in [0.2, 0.25) is 5.91 Å². The quantitative estimate of drug-likeness (QED) is 0.879. The third-order valence-electron chi connectivity index (χ3n) is 5.50. The number of benzene rings is 1. The molecule has 2 heterocycles. The largest absolute Gasteiger partial charge is 0.354 e. The van der Waals surface area contributed by atoms with Gasteiger partial charge in [-0.1, -0.05) is 6.07 Å². The van der Waals surface area contributed by atoms with Crippen LogP contribution in [0.4, 0.5) is 0 Å². The minimum Gasteiger partial charge on any atom is -0.354 e. The molecule has 2 N–H and O–H groups in total. The first-order chi connectivity index (χ1) is 12.0. The summed E-state index contributed by atoms with van der Waals surface area (Å²) in [6, 6.07) is 5.88. The summed E-state index contributed by atoms with van der Waals surface area (Å²) in [7, 11) is 0. The Morgan fingerprint density at radius 3 is 2.76 bits per heavy atom. The fourth-order valence-electron chi connectivity index (χ4n) is 3.75. The molecular weight excluding hydrogens is 314 g/mol. The number of amides is 2. The van der Waals surface area contributed by atoms with Crippen LogP contribution >= 0.6 is 0 Å². The number of hydrogen-bond donors (Lipinski definition) is 2. The van der Waals surface area contributed by atoms with Gasteiger partial charge >= 0.3 is 0 Å². The number of piperidine rings is 1. The molecule has 2 aliphatic heterocycles. The molecular formula is C20H29N3O2. The van der Waals surface area contributed by atoms with Crippen molar-refractivity contribution in [1.29, 1.82) is 0 Å². The van der Waals surface area contributed by atoms with E-state index in [1.165, 1.54) is 5.56 Å². The van der Waals surface area contributed by atoms with Gasteiger partial charge in [0.25, 0.3) is 5.91 Å². The molecule has 2 aliphatic rings. The van der Waals surface area contributed by atoms with Crippen molar-refractivity contribution in [2.45, 2.75) is 45.6 Å². The van der Waals surface area contributed by atoms with Crippen molar-refractivity contribution in [3.8, 4) is 0 Å². The van der Waals surface area contributed by atoms with Crippen molar-refractivity contribution < 1.29 is 9.59 Å². The lowest BCUT2D eigenvalue weighted by atomic mass is 9.96. The summed E-state index contributed by atoms with van der Waals surface area (Å²) in [5.41, 5.74) is 3.12. The van der Waals surface area contributed by atoms with Crippen LogP contribution in [0.1, 0.15) is 47.2 Å². The van der Waals surface area contributed by atoms with Crippen molar-refractivity contribution in [3.05, 3.63) is 34.9 Å². The molecule has 1 aromatic carbocycles. The monoisotopic (exact) mass is 343 g/mol. The van der Waals surface area contributed by atoms with Crippen LogP contribution in [0, 0.1) is 19.8 Å². The Hall–Kier alpha value is -1.88. The third kappa shape index (κ3) is 4.40. The summed E-state index contributed by atoms with van der Waals surface area (Å²) in [4.78, 5) is 26.9. The fourth-order valence-corrected chi connectivity index (χ4v) is 3.75. The van der Waals surface area contributed by atoms with Gasteiger partial charge in [0.1, 0.15) is 0 Å². The van der Waals surface area contributed by atoms with E-state index in [9.17, 15) is 9.59 Å². The molecule has 136 valence electrons. The second-order valence-electron chi connectivity index (χ2n) is 7.45. The molecule has 0 aromatic heterocycles. The van der Waals surface area contributed by atoms with Crippen molar-refractivity contribution in [1.82, 2.24) is 15.5 Å². The van der Waals surface area contributed by atoms with E-state index in [0.717, 1.165) is 56.4 Å². The van der Waals surface area contributed by atoms with E-state index in [4.69, 9.17) is 0 Å². The topological polar surface area (TPSA) is 61.4 Å². The first-order valence-electron chi connectivity index (χ1n) is 9.42. The van der Waals surface area contributed by atoms with E-state index in [0.29, 0.717) is 12.5 Å². The van der Waals surface area contributed by atoms with Crippen LogP contribution in [-0.4, -0.2) is 48.9 Å². The fraction of sp³-hybridized carbons (Fsp3) is 0.600. The second-order valence-corrected chi connectivity index (χ2v) is 7.45. The molecule has 5 nitrogen and oxygen atoms in total. The van der Waals surface area contributed by atoms with Gasteiger partial charge in [0.15, 0.2) is 0 Å². The Morgan fingerprint density at radius 1 is 1.20 bits per heavy atom. The first-order valence-corrected chi connectivity index (χ1v) is 9.42. The molecule has 2 atom stereocenters. The zero-order valence-electron chi connectivity index (χ0n) is 15.3. The normalized spacial score (nSPS) is 23.5. The van der Waals surface area contributed by atoms with Gasteiger partial charge in [0, 0.05) is 25.2 Å². The Morgan fingerprint density at radius 2 is 2.04 bits per heavy atom. The molecule has 1 aromatic rings. The maximum Gasteiger partial charge on any atom is 0.253 e. The lowest BCUT2D eigenvalue weighted by molar-refractivity contribution is -0.123. The molecule has 5 heteroatoms. The molecule has 3 rings (SSSR count). The number of likely N-dealkylation sites (tertiary alicyclic amines) is 1. The first kappa shape index (κ1) is 17.9. The molecule has 0 aliphatic carbocycles. The molecule has 0 saturated carbocycles. The van der Waals surface area contributed by atoms with Crippen LogP contribution in [0.15, 0.2) is 18.2 Å². The number of aryl methyl sites for hydroxylation is 2. The van der Waals surface area contributed by atoms with Crippen LogP contribution in [0.3, 0.4) is 0 Å². The zero-order valence-corrected chi connectivity index (χ0v) is 15.3. The number of carbonyl (C=O) groups is 2. The van der Waals surface area contributed by atoms with Gasteiger partial charge in [0.05, 0.1) is 6.04 Å². The Balaban J connectivity index is 1.54. The lowest BCUT2D eigenvalue weighted by Gasteiger charge is -2.33. The number of nitrogens with one attached hydrogen (secondary N) is 2. The van der Waals surface area contributed by atoms with Crippen LogP contribution < -0.4 is 10.6 Å². The zero-order chi connectivity index (χ0) is 17.8. The van der Waals surface area contributed by atoms with Crippen LogP contribution in [0.25, 0.3) is 0 Å². The van der Waals surface area contributed by atoms with Crippen LogP contribution in [-0.2, 0) is 4.79 Å². The van der Waals surface area contributed by atoms with E-state index in [-0.39, 0.29) is 17.9 Å². The summed E-state index contributed by atoms with van der Waals surface area (Å²) >= 11 is 0. The SMILES string of the molecule is Cc1ccc(C(=O)N2CCCC(CNC(=O)C3CCCN3)C2)cc1C. The van der Waals surface area contributed by atoms with E-state index in [2.05, 4.69) is 17.6 Å². The van der Waals surface area contributed by atoms with Crippen molar-refractivity contribution >= 4 is 11.8 Å². The molecule has 2 fully saturated rings. The van der Waals surface area contributed by atoms with Gasteiger partial charge in [-0.25, -0.2) is 0 Å². The highest BCUT2D eigenvalue weighted by atomic mass is 16.2. The van der Waals surface area contributed by atoms with E-state index in [1.54, 1.807) is 0 Å². The van der Waals surface area contributed by atoms with E-state index >= 15 is 0 Å². The number of rotatable bonds is 4.